The van der Waals surface area contributed by atoms with Gasteiger partial charge in [-0.25, -0.2) is 0 Å². The van der Waals surface area contributed by atoms with Gasteiger partial charge in [0.25, 0.3) is 5.91 Å². The number of methoxy groups -OCH3 is 1. The van der Waals surface area contributed by atoms with E-state index in [0.29, 0.717) is 5.56 Å². The van der Waals surface area contributed by atoms with Gasteiger partial charge >= 0.3 is 0 Å². The van der Waals surface area contributed by atoms with E-state index in [9.17, 15) is 4.79 Å². The average Bonchev–Trinajstić information content (AvgIpc) is 2.41. The highest BCUT2D eigenvalue weighted by atomic mass is 16.5. The third-order valence-corrected chi connectivity index (χ3v) is 3.05. The van der Waals surface area contributed by atoms with E-state index in [1.165, 1.54) is 0 Å². The molecule has 3 nitrogen and oxygen atoms in total. The van der Waals surface area contributed by atoms with Crippen molar-refractivity contribution < 1.29 is 9.53 Å². The van der Waals surface area contributed by atoms with Crippen LogP contribution < -0.4 is 10.1 Å². The number of carbonyl (C=O) groups is 1. The minimum Gasteiger partial charge on any atom is -0.496 e. The molecule has 19 heavy (non-hydrogen) atoms. The minimum atomic E-state index is -0.111. The second kappa shape index (κ2) is 5.57. The fourth-order valence-corrected chi connectivity index (χ4v) is 1.93. The van der Waals surface area contributed by atoms with Crippen LogP contribution in [0.15, 0.2) is 42.5 Å². The molecule has 0 fully saturated rings. The number of hydrogen-bond acceptors (Lipinski definition) is 2. The monoisotopic (exact) mass is 255 g/mol. The predicted octanol–water partition coefficient (Wildman–Crippen LogP) is 3.56. The van der Waals surface area contributed by atoms with Gasteiger partial charge in [-0.2, -0.15) is 0 Å². The largest absolute Gasteiger partial charge is 0.496 e. The molecular formula is C16H17NO2. The summed E-state index contributed by atoms with van der Waals surface area (Å²) in [6.45, 7) is 3.89. The van der Waals surface area contributed by atoms with Crippen LogP contribution in [0, 0.1) is 13.8 Å². The Morgan fingerprint density at radius 2 is 1.79 bits per heavy atom. The van der Waals surface area contributed by atoms with Gasteiger partial charge in [0.1, 0.15) is 5.75 Å². The van der Waals surface area contributed by atoms with Crippen molar-refractivity contribution in [2.45, 2.75) is 13.8 Å². The average molecular weight is 255 g/mol. The lowest BCUT2D eigenvalue weighted by atomic mass is 10.1. The van der Waals surface area contributed by atoms with Crippen LogP contribution in [0.1, 0.15) is 21.5 Å². The summed E-state index contributed by atoms with van der Waals surface area (Å²) >= 11 is 0. The molecule has 1 amide bonds. The van der Waals surface area contributed by atoms with Crippen LogP contribution in [0.25, 0.3) is 0 Å². The number of carbonyl (C=O) groups excluding carboxylic acids is 1. The van der Waals surface area contributed by atoms with Crippen molar-refractivity contribution in [2.24, 2.45) is 0 Å². The number of amides is 1. The number of para-hydroxylation sites is 1. The van der Waals surface area contributed by atoms with Crippen molar-refractivity contribution >= 4 is 11.6 Å². The van der Waals surface area contributed by atoms with Crippen molar-refractivity contribution in [3.8, 4) is 5.75 Å². The highest BCUT2D eigenvalue weighted by molar-refractivity contribution is 6.04. The highest BCUT2D eigenvalue weighted by Crippen LogP contribution is 2.20. The van der Waals surface area contributed by atoms with Crippen LogP contribution in [0.4, 0.5) is 5.69 Å². The molecule has 1 N–H and O–H groups in total. The van der Waals surface area contributed by atoms with Gasteiger partial charge in [-0.3, -0.25) is 4.79 Å². The van der Waals surface area contributed by atoms with Gasteiger partial charge in [-0.05, 0) is 49.2 Å². The van der Waals surface area contributed by atoms with Crippen molar-refractivity contribution in [2.75, 3.05) is 12.4 Å². The first-order valence-corrected chi connectivity index (χ1v) is 6.13. The zero-order valence-corrected chi connectivity index (χ0v) is 11.4. The number of anilines is 1. The van der Waals surface area contributed by atoms with Crippen LogP contribution in [-0.2, 0) is 0 Å². The molecule has 0 aliphatic rings. The third-order valence-electron chi connectivity index (χ3n) is 3.05. The Bertz CT molecular complexity index is 605. The first kappa shape index (κ1) is 13.1. The molecule has 0 atom stereocenters. The number of hydrogen-bond donors (Lipinski definition) is 1. The normalized spacial score (nSPS) is 10.1. The molecule has 2 aromatic carbocycles. The first-order valence-electron chi connectivity index (χ1n) is 6.13. The Morgan fingerprint density at radius 3 is 2.42 bits per heavy atom. The Morgan fingerprint density at radius 1 is 1.05 bits per heavy atom. The van der Waals surface area contributed by atoms with E-state index in [0.717, 1.165) is 22.6 Å². The molecule has 0 heterocycles. The van der Waals surface area contributed by atoms with Crippen molar-refractivity contribution in [1.29, 1.82) is 0 Å². The molecule has 0 aliphatic carbocycles. The van der Waals surface area contributed by atoms with E-state index >= 15 is 0 Å². The summed E-state index contributed by atoms with van der Waals surface area (Å²) in [7, 11) is 1.62. The van der Waals surface area contributed by atoms with Crippen LogP contribution in [0.2, 0.25) is 0 Å². The fourth-order valence-electron chi connectivity index (χ4n) is 1.93. The number of aryl methyl sites for hydroxylation is 2. The second-order valence-electron chi connectivity index (χ2n) is 4.45. The van der Waals surface area contributed by atoms with Gasteiger partial charge in [-0.15, -0.1) is 0 Å². The molecule has 0 spiro atoms. The summed E-state index contributed by atoms with van der Waals surface area (Å²) in [5.41, 5.74) is 3.45. The molecule has 2 rings (SSSR count). The Labute approximate surface area is 113 Å². The Hall–Kier alpha value is -2.29. The van der Waals surface area contributed by atoms with Crippen LogP contribution >= 0.6 is 0 Å². The van der Waals surface area contributed by atoms with Gasteiger partial charge < -0.3 is 10.1 Å². The van der Waals surface area contributed by atoms with E-state index in [1.54, 1.807) is 13.2 Å². The van der Waals surface area contributed by atoms with Crippen LogP contribution in [0.3, 0.4) is 0 Å². The minimum absolute atomic E-state index is 0.111. The molecule has 0 saturated carbocycles. The maximum Gasteiger partial charge on any atom is 0.255 e. The topological polar surface area (TPSA) is 38.3 Å². The van der Waals surface area contributed by atoms with E-state index in [-0.39, 0.29) is 5.91 Å². The summed E-state index contributed by atoms with van der Waals surface area (Å²) in [4.78, 5) is 12.2. The van der Waals surface area contributed by atoms with Crippen LogP contribution in [0.5, 0.6) is 5.75 Å². The quantitative estimate of drug-likeness (QED) is 0.910. The van der Waals surface area contributed by atoms with Gasteiger partial charge in [-0.1, -0.05) is 18.2 Å². The lowest BCUT2D eigenvalue weighted by molar-refractivity contribution is 0.102. The molecule has 0 aliphatic heterocycles. The summed E-state index contributed by atoms with van der Waals surface area (Å²) in [5, 5.41) is 2.91. The first-order chi connectivity index (χ1) is 9.11. The lowest BCUT2D eigenvalue weighted by Gasteiger charge is -2.10. The van der Waals surface area contributed by atoms with E-state index in [1.807, 2.05) is 50.2 Å². The molecular weight excluding hydrogens is 238 g/mol. The van der Waals surface area contributed by atoms with Gasteiger partial charge in [0, 0.05) is 11.3 Å². The lowest BCUT2D eigenvalue weighted by Crippen LogP contribution is -2.12. The zero-order chi connectivity index (χ0) is 13.8. The standard InChI is InChI=1S/C16H17NO2/c1-11-6-4-5-7-14(11)17-16(18)13-8-9-15(19-3)12(2)10-13/h4-10H,1-3H3,(H,17,18). The number of nitrogens with one attached hydrogen (secondary N) is 1. The molecule has 0 saturated heterocycles. The summed E-state index contributed by atoms with van der Waals surface area (Å²) in [6, 6.07) is 13.1. The molecule has 98 valence electrons. The SMILES string of the molecule is COc1ccc(C(=O)Nc2ccccc2C)cc1C. The van der Waals surface area contributed by atoms with E-state index in [4.69, 9.17) is 4.74 Å². The zero-order valence-electron chi connectivity index (χ0n) is 11.4. The van der Waals surface area contributed by atoms with Crippen molar-refractivity contribution in [3.05, 3.63) is 59.2 Å². The van der Waals surface area contributed by atoms with Gasteiger partial charge in [0.05, 0.1) is 7.11 Å². The maximum absolute atomic E-state index is 12.2. The predicted molar refractivity (Wildman–Crippen MR) is 76.9 cm³/mol. The smallest absolute Gasteiger partial charge is 0.255 e. The van der Waals surface area contributed by atoms with Crippen LogP contribution in [-0.4, -0.2) is 13.0 Å². The van der Waals surface area contributed by atoms with Crippen molar-refractivity contribution in [1.82, 2.24) is 0 Å². The molecule has 3 heteroatoms. The molecule has 0 unspecified atom stereocenters. The Kier molecular flexibility index (Phi) is 3.85. The number of benzene rings is 2. The summed E-state index contributed by atoms with van der Waals surface area (Å²) < 4.78 is 5.19. The highest BCUT2D eigenvalue weighted by Gasteiger charge is 2.09. The number of rotatable bonds is 3. The summed E-state index contributed by atoms with van der Waals surface area (Å²) in [5.74, 6) is 0.674. The maximum atomic E-state index is 12.2. The fraction of sp³-hybridized carbons (Fsp3) is 0.188. The number of ether oxygens (including phenoxy) is 1. The molecule has 0 radical (unpaired) electrons. The second-order valence-corrected chi connectivity index (χ2v) is 4.45. The van der Waals surface area contributed by atoms with E-state index < -0.39 is 0 Å². The van der Waals surface area contributed by atoms with Crippen molar-refractivity contribution in [3.63, 3.8) is 0 Å². The third kappa shape index (κ3) is 2.94. The molecule has 0 aromatic heterocycles. The van der Waals surface area contributed by atoms with E-state index in [2.05, 4.69) is 5.32 Å². The summed E-state index contributed by atoms with van der Waals surface area (Å²) in [6.07, 6.45) is 0. The van der Waals surface area contributed by atoms with Gasteiger partial charge in [0.15, 0.2) is 0 Å². The molecule has 0 bridgehead atoms. The Balaban J connectivity index is 2.21. The van der Waals surface area contributed by atoms with Gasteiger partial charge in [0.2, 0.25) is 0 Å². The molecule has 2 aromatic rings.